The van der Waals surface area contributed by atoms with Gasteiger partial charge in [-0.15, -0.1) is 12.4 Å². The molecule has 1 heterocycles. The number of amides is 1. The van der Waals surface area contributed by atoms with Crippen molar-refractivity contribution in [3.05, 3.63) is 71.8 Å². The lowest BCUT2D eigenvalue weighted by atomic mass is 9.86. The Bertz CT molecular complexity index is 911. The second-order valence-electron chi connectivity index (χ2n) is 7.68. The number of carbonyl (C=O) groups excluding carboxylic acids is 3. The zero-order valence-corrected chi connectivity index (χ0v) is 19.6. The van der Waals surface area contributed by atoms with E-state index in [0.717, 1.165) is 0 Å². The van der Waals surface area contributed by atoms with E-state index in [4.69, 9.17) is 19.9 Å². The van der Waals surface area contributed by atoms with Crippen LogP contribution < -0.4 is 5.73 Å². The molecule has 34 heavy (non-hydrogen) atoms. The summed E-state index contributed by atoms with van der Waals surface area (Å²) in [6, 6.07) is 17.3. The van der Waals surface area contributed by atoms with Crippen LogP contribution in [0.3, 0.4) is 0 Å². The third kappa shape index (κ3) is 6.47. The highest BCUT2D eigenvalue weighted by atomic mass is 35.5. The van der Waals surface area contributed by atoms with Gasteiger partial charge in [-0.05, 0) is 11.1 Å². The summed E-state index contributed by atoms with van der Waals surface area (Å²) in [4.78, 5) is 38.1. The number of rotatable bonds is 7. The zero-order valence-electron chi connectivity index (χ0n) is 18.8. The van der Waals surface area contributed by atoms with Gasteiger partial charge in [0.05, 0.1) is 6.54 Å². The predicted molar refractivity (Wildman–Crippen MR) is 125 cm³/mol. The average molecular weight is 493 g/mol. The molecule has 0 saturated carbocycles. The number of carbonyl (C=O) groups is 3. The van der Waals surface area contributed by atoms with Crippen LogP contribution >= 0.6 is 12.4 Å². The number of piperidine rings is 1. The molecule has 1 fully saturated rings. The number of likely N-dealkylation sites (tertiary alicyclic amines) is 1. The molecule has 0 aromatic heterocycles. The van der Waals surface area contributed by atoms with Crippen LogP contribution in [0.15, 0.2) is 60.7 Å². The minimum absolute atomic E-state index is 0. The normalized spacial score (nSPS) is 15.0. The van der Waals surface area contributed by atoms with E-state index < -0.39 is 36.0 Å². The van der Waals surface area contributed by atoms with Crippen molar-refractivity contribution < 1.29 is 33.7 Å². The van der Waals surface area contributed by atoms with Crippen molar-refractivity contribution in [3.63, 3.8) is 0 Å². The maximum absolute atomic E-state index is 13.2. The van der Waals surface area contributed by atoms with Gasteiger partial charge in [-0.2, -0.15) is 0 Å². The summed E-state index contributed by atoms with van der Waals surface area (Å²) in [7, 11) is 0. The molecule has 2 aromatic carbocycles. The first-order valence-corrected chi connectivity index (χ1v) is 10.7. The Hall–Kier alpha value is -3.14. The Labute approximate surface area is 204 Å². The molecular weight excluding hydrogens is 464 g/mol. The first-order valence-electron chi connectivity index (χ1n) is 10.7. The number of esters is 2. The van der Waals surface area contributed by atoms with Crippen molar-refractivity contribution in [1.29, 1.82) is 0 Å². The lowest BCUT2D eigenvalue weighted by Gasteiger charge is -2.34. The highest BCUT2D eigenvalue weighted by Gasteiger charge is 2.43. The number of benzene rings is 2. The van der Waals surface area contributed by atoms with Crippen LogP contribution in [0.5, 0.6) is 0 Å². The smallest absolute Gasteiger partial charge is 0.412 e. The van der Waals surface area contributed by atoms with Crippen molar-refractivity contribution in [1.82, 2.24) is 4.90 Å². The van der Waals surface area contributed by atoms with Crippen molar-refractivity contribution in [2.45, 2.75) is 37.8 Å². The quantitative estimate of drug-likeness (QED) is 0.445. The lowest BCUT2D eigenvalue weighted by molar-refractivity contribution is -0.170. The third-order valence-corrected chi connectivity index (χ3v) is 5.38. The van der Waals surface area contributed by atoms with Gasteiger partial charge in [0.25, 0.3) is 0 Å². The van der Waals surface area contributed by atoms with E-state index >= 15 is 0 Å². The highest BCUT2D eigenvalue weighted by molar-refractivity contribution is 5.86. The topological polar surface area (TPSA) is 128 Å². The van der Waals surface area contributed by atoms with Gasteiger partial charge >= 0.3 is 18.0 Å². The fourth-order valence-electron chi connectivity index (χ4n) is 3.63. The second kappa shape index (κ2) is 12.4. The van der Waals surface area contributed by atoms with Crippen LogP contribution in [0, 0.1) is 0 Å². The van der Waals surface area contributed by atoms with Crippen molar-refractivity contribution in [2.75, 3.05) is 19.6 Å². The van der Waals surface area contributed by atoms with Crippen LogP contribution in [0.2, 0.25) is 0 Å². The standard InChI is InChI=1S/C24H28N2O7.ClH/c1-17(31-21(27)16-25)32-23(29)26-14-12-20(13-15-26)33-22(28)24(30,18-8-4-2-5-9-18)19-10-6-3-7-11-19;/h2-11,17,20,30H,12-16,25H2,1H3;1H. The number of nitrogens with two attached hydrogens (primary N) is 1. The van der Waals surface area contributed by atoms with Crippen molar-refractivity contribution in [3.8, 4) is 0 Å². The predicted octanol–water partition coefficient (Wildman–Crippen LogP) is 2.34. The molecule has 0 radical (unpaired) electrons. The first kappa shape index (κ1) is 27.1. The van der Waals surface area contributed by atoms with E-state index in [9.17, 15) is 19.5 Å². The molecule has 1 atom stereocenters. The SMILES string of the molecule is CC(OC(=O)CN)OC(=O)N1CCC(OC(=O)C(O)(c2ccccc2)c2ccccc2)CC1.Cl. The minimum atomic E-state index is -1.96. The Morgan fingerprint density at radius 2 is 1.50 bits per heavy atom. The molecule has 1 aliphatic heterocycles. The molecule has 1 amide bonds. The molecule has 0 aliphatic carbocycles. The Morgan fingerprint density at radius 3 is 1.97 bits per heavy atom. The fraction of sp³-hybridized carbons (Fsp3) is 0.375. The molecule has 184 valence electrons. The van der Waals surface area contributed by atoms with E-state index in [1.54, 1.807) is 60.7 Å². The lowest BCUT2D eigenvalue weighted by Crippen LogP contribution is -2.45. The van der Waals surface area contributed by atoms with Crippen molar-refractivity contribution >= 4 is 30.4 Å². The molecule has 3 N–H and O–H groups in total. The number of aliphatic hydroxyl groups is 1. The van der Waals surface area contributed by atoms with E-state index in [1.165, 1.54) is 11.8 Å². The van der Waals surface area contributed by atoms with Gasteiger partial charge in [-0.25, -0.2) is 9.59 Å². The molecule has 1 unspecified atom stereocenters. The van der Waals surface area contributed by atoms with Gasteiger partial charge < -0.3 is 30.0 Å². The summed E-state index contributed by atoms with van der Waals surface area (Å²) < 4.78 is 15.6. The Balaban J connectivity index is 0.00000408. The number of hydrogen-bond donors (Lipinski definition) is 2. The van der Waals surface area contributed by atoms with Crippen LogP contribution in [0.4, 0.5) is 4.79 Å². The van der Waals surface area contributed by atoms with Crippen LogP contribution in [-0.4, -0.2) is 60.1 Å². The van der Waals surface area contributed by atoms with Crippen molar-refractivity contribution in [2.24, 2.45) is 5.73 Å². The van der Waals surface area contributed by atoms with Crippen LogP contribution in [0.1, 0.15) is 30.9 Å². The summed E-state index contributed by atoms with van der Waals surface area (Å²) in [6.45, 7) is 1.68. The minimum Gasteiger partial charge on any atom is -0.460 e. The van der Waals surface area contributed by atoms with Gasteiger partial charge in [0, 0.05) is 32.9 Å². The van der Waals surface area contributed by atoms with Gasteiger partial charge in [0.2, 0.25) is 11.9 Å². The fourth-order valence-corrected chi connectivity index (χ4v) is 3.63. The Morgan fingerprint density at radius 1 is 1.00 bits per heavy atom. The maximum atomic E-state index is 13.2. The summed E-state index contributed by atoms with van der Waals surface area (Å²) in [6.07, 6.45) is -1.43. The summed E-state index contributed by atoms with van der Waals surface area (Å²) in [5.41, 5.74) is 4.02. The van der Waals surface area contributed by atoms with Crippen LogP contribution in [0.25, 0.3) is 0 Å². The third-order valence-electron chi connectivity index (χ3n) is 5.38. The molecular formula is C24H29ClN2O7. The number of halogens is 1. The second-order valence-corrected chi connectivity index (χ2v) is 7.68. The van der Waals surface area contributed by atoms with E-state index in [1.807, 2.05) is 0 Å². The monoisotopic (exact) mass is 492 g/mol. The average Bonchev–Trinajstić information content (AvgIpc) is 2.84. The molecule has 9 nitrogen and oxygen atoms in total. The van der Waals surface area contributed by atoms with Crippen LogP contribution in [-0.2, 0) is 29.4 Å². The summed E-state index contributed by atoms with van der Waals surface area (Å²) in [5.74, 6) is -1.45. The summed E-state index contributed by atoms with van der Waals surface area (Å²) in [5, 5.41) is 11.5. The largest absolute Gasteiger partial charge is 0.460 e. The van der Waals surface area contributed by atoms with Gasteiger partial charge in [0.15, 0.2) is 0 Å². The molecule has 0 bridgehead atoms. The van der Waals surface area contributed by atoms with Gasteiger partial charge in [-0.1, -0.05) is 60.7 Å². The zero-order chi connectivity index (χ0) is 23.8. The molecule has 2 aromatic rings. The Kier molecular flexibility index (Phi) is 9.85. The summed E-state index contributed by atoms with van der Waals surface area (Å²) >= 11 is 0. The van der Waals surface area contributed by atoms with E-state index in [2.05, 4.69) is 0 Å². The van der Waals surface area contributed by atoms with Gasteiger partial charge in [0.1, 0.15) is 6.10 Å². The van der Waals surface area contributed by atoms with E-state index in [-0.39, 0.29) is 32.0 Å². The molecule has 1 aliphatic rings. The molecule has 3 rings (SSSR count). The molecule has 1 saturated heterocycles. The number of ether oxygens (including phenoxy) is 3. The number of nitrogens with zero attached hydrogens (tertiary/aromatic N) is 1. The first-order chi connectivity index (χ1) is 15.8. The molecule has 0 spiro atoms. The van der Waals surface area contributed by atoms with E-state index in [0.29, 0.717) is 24.0 Å². The highest BCUT2D eigenvalue weighted by Crippen LogP contribution is 2.32. The maximum Gasteiger partial charge on any atom is 0.412 e. The number of hydrogen-bond acceptors (Lipinski definition) is 8. The molecule has 10 heteroatoms. The van der Waals surface area contributed by atoms with Gasteiger partial charge in [-0.3, -0.25) is 4.79 Å².